The average molecular weight is 284 g/mol. The highest BCUT2D eigenvalue weighted by atomic mass is 32.1. The number of hydrogen-bond donors (Lipinski definition) is 1. The van der Waals surface area contributed by atoms with Gasteiger partial charge in [-0.3, -0.25) is 0 Å². The zero-order valence-electron chi connectivity index (χ0n) is 11.9. The van der Waals surface area contributed by atoms with Crippen LogP contribution < -0.4 is 5.32 Å². The summed E-state index contributed by atoms with van der Waals surface area (Å²) in [5.74, 6) is 0. The molecule has 20 heavy (non-hydrogen) atoms. The second-order valence-electron chi connectivity index (χ2n) is 6.06. The monoisotopic (exact) mass is 284 g/mol. The topological polar surface area (TPSA) is 24.9 Å². The maximum Gasteiger partial charge on any atom is 0.115 e. The third-order valence-corrected chi connectivity index (χ3v) is 5.47. The number of rotatable bonds is 4. The van der Waals surface area contributed by atoms with Crippen LogP contribution in [0.2, 0.25) is 0 Å². The van der Waals surface area contributed by atoms with Crippen LogP contribution in [0.4, 0.5) is 0 Å². The van der Waals surface area contributed by atoms with Crippen LogP contribution in [0, 0.1) is 6.92 Å². The molecule has 0 radical (unpaired) electrons. The Bertz CT molecular complexity index is 589. The number of benzene rings is 1. The van der Waals surface area contributed by atoms with Crippen molar-refractivity contribution >= 4 is 11.3 Å². The van der Waals surface area contributed by atoms with Crippen molar-refractivity contribution in [2.45, 2.75) is 51.1 Å². The van der Waals surface area contributed by atoms with Gasteiger partial charge in [0.15, 0.2) is 0 Å². The summed E-state index contributed by atoms with van der Waals surface area (Å²) < 4.78 is 0. The third-order valence-electron chi connectivity index (χ3n) is 4.25. The van der Waals surface area contributed by atoms with Gasteiger partial charge in [-0.1, -0.05) is 29.8 Å². The van der Waals surface area contributed by atoms with Gasteiger partial charge in [-0.15, -0.1) is 11.3 Å². The maximum absolute atomic E-state index is 4.93. The molecule has 2 aliphatic rings. The summed E-state index contributed by atoms with van der Waals surface area (Å²) in [5, 5.41) is 5.05. The number of nitrogens with one attached hydrogen (secondary N) is 1. The second-order valence-corrected chi connectivity index (χ2v) is 7.18. The van der Waals surface area contributed by atoms with Gasteiger partial charge in [0, 0.05) is 10.9 Å². The smallest absolute Gasteiger partial charge is 0.115 e. The Morgan fingerprint density at radius 3 is 2.70 bits per heavy atom. The summed E-state index contributed by atoms with van der Waals surface area (Å²) in [4.78, 5) is 6.45. The van der Waals surface area contributed by atoms with Crippen LogP contribution in [0.15, 0.2) is 24.3 Å². The number of hydrogen-bond acceptors (Lipinski definition) is 3. The lowest BCUT2D eigenvalue weighted by atomic mass is 10.1. The molecule has 1 aromatic carbocycles. The minimum atomic E-state index is 0.290. The van der Waals surface area contributed by atoms with Gasteiger partial charge in [0.25, 0.3) is 0 Å². The molecular formula is C17H20N2S. The van der Waals surface area contributed by atoms with Crippen molar-refractivity contribution in [1.29, 1.82) is 0 Å². The molecule has 1 atom stereocenters. The van der Waals surface area contributed by atoms with E-state index < -0.39 is 0 Å². The molecule has 0 aliphatic heterocycles. The first-order valence-corrected chi connectivity index (χ1v) is 8.42. The van der Waals surface area contributed by atoms with E-state index in [4.69, 9.17) is 4.98 Å². The molecule has 4 rings (SSSR count). The summed E-state index contributed by atoms with van der Waals surface area (Å²) in [6.45, 7) is 2.14. The van der Waals surface area contributed by atoms with Crippen LogP contribution in [0.25, 0.3) is 0 Å². The molecule has 2 nitrogen and oxygen atoms in total. The first-order valence-electron chi connectivity index (χ1n) is 7.61. The molecule has 1 aromatic heterocycles. The van der Waals surface area contributed by atoms with Gasteiger partial charge < -0.3 is 5.32 Å². The summed E-state index contributed by atoms with van der Waals surface area (Å²) in [6.07, 6.45) is 6.33. The van der Waals surface area contributed by atoms with Gasteiger partial charge in [0.2, 0.25) is 0 Å². The molecule has 0 amide bonds. The normalized spacial score (nSPS) is 19.1. The molecule has 1 fully saturated rings. The number of nitrogens with zero attached hydrogens (tertiary/aromatic N) is 1. The summed E-state index contributed by atoms with van der Waals surface area (Å²) in [6, 6.07) is 9.90. The lowest BCUT2D eigenvalue weighted by molar-refractivity contribution is 0.596. The van der Waals surface area contributed by atoms with Gasteiger partial charge >= 0.3 is 0 Å². The molecule has 104 valence electrons. The predicted octanol–water partition coefficient (Wildman–Crippen LogP) is 3.78. The van der Waals surface area contributed by atoms with E-state index in [1.807, 2.05) is 11.3 Å². The molecule has 3 heteroatoms. The second kappa shape index (κ2) is 4.97. The largest absolute Gasteiger partial charge is 0.301 e. The highest BCUT2D eigenvalue weighted by Crippen LogP contribution is 2.35. The predicted molar refractivity (Wildman–Crippen MR) is 83.3 cm³/mol. The quantitative estimate of drug-likeness (QED) is 0.924. The Morgan fingerprint density at radius 1 is 1.20 bits per heavy atom. The van der Waals surface area contributed by atoms with Crippen molar-refractivity contribution in [1.82, 2.24) is 10.3 Å². The molecule has 0 saturated heterocycles. The maximum atomic E-state index is 4.93. The fraction of sp³-hybridized carbons (Fsp3) is 0.471. The molecular weight excluding hydrogens is 264 g/mol. The van der Waals surface area contributed by atoms with Crippen LogP contribution in [0.3, 0.4) is 0 Å². The zero-order chi connectivity index (χ0) is 13.5. The van der Waals surface area contributed by atoms with Gasteiger partial charge in [-0.2, -0.15) is 0 Å². The van der Waals surface area contributed by atoms with Crippen molar-refractivity contribution in [3.63, 3.8) is 0 Å². The lowest BCUT2D eigenvalue weighted by Crippen LogP contribution is -2.24. The Balaban J connectivity index is 1.68. The third kappa shape index (κ3) is 2.40. The van der Waals surface area contributed by atoms with Crippen molar-refractivity contribution in [3.05, 3.63) is 51.0 Å². The van der Waals surface area contributed by atoms with Gasteiger partial charge in [-0.25, -0.2) is 4.98 Å². The van der Waals surface area contributed by atoms with Crippen molar-refractivity contribution in [3.8, 4) is 0 Å². The van der Waals surface area contributed by atoms with E-state index in [9.17, 15) is 0 Å². The molecule has 0 spiro atoms. The Hall–Kier alpha value is -1.19. The van der Waals surface area contributed by atoms with Crippen LogP contribution in [0.1, 0.15) is 52.0 Å². The van der Waals surface area contributed by atoms with Crippen molar-refractivity contribution < 1.29 is 0 Å². The first-order chi connectivity index (χ1) is 9.79. The molecule has 1 N–H and O–H groups in total. The fourth-order valence-electron chi connectivity index (χ4n) is 2.89. The van der Waals surface area contributed by atoms with E-state index in [-0.39, 0.29) is 0 Å². The minimum absolute atomic E-state index is 0.290. The minimum Gasteiger partial charge on any atom is -0.301 e. The van der Waals surface area contributed by atoms with Crippen LogP contribution >= 0.6 is 11.3 Å². The molecule has 0 bridgehead atoms. The molecule has 2 aliphatic carbocycles. The standard InChI is InChI=1S/C17H20N2S/c1-11-5-7-12(8-6-11)16(18-13-9-10-13)17-19-14-3-2-4-15(14)20-17/h5-8,13,16,18H,2-4,9-10H2,1H3. The van der Waals surface area contributed by atoms with Crippen molar-refractivity contribution in [2.24, 2.45) is 0 Å². The summed E-state index contributed by atoms with van der Waals surface area (Å²) in [5.41, 5.74) is 4.04. The van der Waals surface area contributed by atoms with E-state index in [0.29, 0.717) is 12.1 Å². The van der Waals surface area contributed by atoms with E-state index in [0.717, 1.165) is 0 Å². The Labute approximate surface area is 124 Å². The highest BCUT2D eigenvalue weighted by Gasteiger charge is 2.29. The first kappa shape index (κ1) is 12.5. The van der Waals surface area contributed by atoms with E-state index >= 15 is 0 Å². The van der Waals surface area contributed by atoms with E-state index in [2.05, 4.69) is 36.5 Å². The van der Waals surface area contributed by atoms with Gasteiger partial charge in [-0.05, 0) is 44.6 Å². The molecule has 1 saturated carbocycles. The number of thiazole rings is 1. The van der Waals surface area contributed by atoms with Crippen LogP contribution in [-0.4, -0.2) is 11.0 Å². The van der Waals surface area contributed by atoms with Crippen LogP contribution in [0.5, 0.6) is 0 Å². The Morgan fingerprint density at radius 2 is 2.00 bits per heavy atom. The highest BCUT2D eigenvalue weighted by molar-refractivity contribution is 7.11. The summed E-state index contributed by atoms with van der Waals surface area (Å²) >= 11 is 1.93. The molecule has 2 aromatic rings. The summed E-state index contributed by atoms with van der Waals surface area (Å²) in [7, 11) is 0. The van der Waals surface area contributed by atoms with Gasteiger partial charge in [0.05, 0.1) is 11.7 Å². The van der Waals surface area contributed by atoms with Gasteiger partial charge in [0.1, 0.15) is 5.01 Å². The zero-order valence-corrected chi connectivity index (χ0v) is 12.7. The van der Waals surface area contributed by atoms with E-state index in [1.54, 1.807) is 0 Å². The SMILES string of the molecule is Cc1ccc(C(NC2CC2)c2nc3c(s2)CCC3)cc1. The van der Waals surface area contributed by atoms with E-state index in [1.165, 1.54) is 58.8 Å². The van der Waals surface area contributed by atoms with Crippen LogP contribution in [-0.2, 0) is 12.8 Å². The molecule has 1 heterocycles. The lowest BCUT2D eigenvalue weighted by Gasteiger charge is -2.17. The number of aromatic nitrogens is 1. The Kier molecular flexibility index (Phi) is 3.12. The number of fused-ring (bicyclic) bond motifs is 1. The molecule has 1 unspecified atom stereocenters. The average Bonchev–Trinajstić information content (AvgIpc) is 3.01. The number of aryl methyl sites for hydroxylation is 3. The van der Waals surface area contributed by atoms with Crippen molar-refractivity contribution in [2.75, 3.05) is 0 Å². The fourth-order valence-corrected chi connectivity index (χ4v) is 4.13.